The lowest BCUT2D eigenvalue weighted by atomic mass is 9.98. The highest BCUT2D eigenvalue weighted by Crippen LogP contribution is 2.49. The van der Waals surface area contributed by atoms with E-state index < -0.39 is 0 Å². The third-order valence-corrected chi connectivity index (χ3v) is 12.1. The summed E-state index contributed by atoms with van der Waals surface area (Å²) in [5.41, 5.74) is 12.1. The van der Waals surface area contributed by atoms with Gasteiger partial charge < -0.3 is 9.88 Å². The third-order valence-electron chi connectivity index (χ3n) is 10.8. The number of hydrogen-bond acceptors (Lipinski definition) is 6. The second kappa shape index (κ2) is 14.2. The van der Waals surface area contributed by atoms with Gasteiger partial charge in [-0.05, 0) is 70.9 Å². The van der Waals surface area contributed by atoms with E-state index >= 15 is 0 Å². The zero-order valence-corrected chi connectivity index (χ0v) is 32.1. The van der Waals surface area contributed by atoms with Crippen molar-refractivity contribution in [3.63, 3.8) is 0 Å². The molecule has 7 heteroatoms. The Hall–Kier alpha value is -7.48. The Bertz CT molecular complexity index is 3200. The van der Waals surface area contributed by atoms with E-state index in [1.807, 2.05) is 29.7 Å². The molecule has 1 N–H and O–H groups in total. The largest absolute Gasteiger partial charge is 0.387 e. The van der Waals surface area contributed by atoms with Crippen molar-refractivity contribution in [2.24, 2.45) is 0 Å². The molecule has 0 radical (unpaired) electrons. The summed E-state index contributed by atoms with van der Waals surface area (Å²) in [6.45, 7) is 0.816. The van der Waals surface area contributed by atoms with Crippen LogP contribution in [0.25, 0.3) is 98.9 Å². The molecule has 0 amide bonds. The quantitative estimate of drug-likeness (QED) is 0.175. The summed E-state index contributed by atoms with van der Waals surface area (Å²) in [5.74, 6) is 1.82. The van der Waals surface area contributed by atoms with Gasteiger partial charge in [0, 0.05) is 72.6 Å². The number of benzene rings is 6. The average Bonchev–Trinajstić information content (AvgIpc) is 3.87. The maximum absolute atomic E-state index is 5.12. The van der Waals surface area contributed by atoms with Crippen LogP contribution < -0.4 is 5.32 Å². The number of allylic oxidation sites excluding steroid dienone is 2. The van der Waals surface area contributed by atoms with Crippen molar-refractivity contribution in [1.29, 1.82) is 0 Å². The van der Waals surface area contributed by atoms with Crippen molar-refractivity contribution in [2.45, 2.75) is 0 Å². The van der Waals surface area contributed by atoms with Crippen LogP contribution in [0.4, 0.5) is 0 Å². The Morgan fingerprint density at radius 3 is 1.91 bits per heavy atom. The van der Waals surface area contributed by atoms with Gasteiger partial charge in [-0.15, -0.1) is 11.3 Å². The maximum atomic E-state index is 5.12. The molecule has 1 aliphatic heterocycles. The zero-order valence-electron chi connectivity index (χ0n) is 31.2. The first-order valence-corrected chi connectivity index (χ1v) is 20.2. The number of thiophene rings is 1. The molecule has 0 unspecified atom stereocenters. The van der Waals surface area contributed by atoms with Gasteiger partial charge in [-0.25, -0.2) is 15.0 Å². The molecule has 6 nitrogen and oxygen atoms in total. The van der Waals surface area contributed by atoms with E-state index in [-0.39, 0.29) is 0 Å². The molecule has 0 bridgehead atoms. The number of pyridine rings is 1. The first kappa shape index (κ1) is 33.8. The first-order valence-electron chi connectivity index (χ1n) is 19.3. The third kappa shape index (κ3) is 5.88. The van der Waals surface area contributed by atoms with Crippen LogP contribution in [0.3, 0.4) is 0 Å². The topological polar surface area (TPSA) is 68.5 Å². The molecular formula is C51H34N6S. The Morgan fingerprint density at radius 2 is 1.17 bits per heavy atom. The lowest BCUT2D eigenvalue weighted by molar-refractivity contribution is 0.976. The Labute approximate surface area is 339 Å². The molecule has 0 fully saturated rings. The predicted molar refractivity (Wildman–Crippen MR) is 240 cm³/mol. The summed E-state index contributed by atoms with van der Waals surface area (Å²) in [6.07, 6.45) is 9.81. The second-order valence-corrected chi connectivity index (χ2v) is 15.3. The highest BCUT2D eigenvalue weighted by atomic mass is 32.1. The molecule has 11 rings (SSSR count). The van der Waals surface area contributed by atoms with Crippen molar-refractivity contribution >= 4 is 48.8 Å². The molecular weight excluding hydrogens is 729 g/mol. The molecule has 1 aliphatic rings. The summed E-state index contributed by atoms with van der Waals surface area (Å²) in [6, 6.07) is 55.8. The van der Waals surface area contributed by atoms with Crippen molar-refractivity contribution in [2.75, 3.05) is 6.54 Å². The molecule has 0 spiro atoms. The second-order valence-electron chi connectivity index (χ2n) is 14.3. The number of hydrogen-bond donors (Lipinski definition) is 1. The minimum atomic E-state index is 0.598. The predicted octanol–water partition coefficient (Wildman–Crippen LogP) is 12.4. The molecule has 4 aromatic heterocycles. The van der Waals surface area contributed by atoms with Crippen molar-refractivity contribution in [3.05, 3.63) is 194 Å². The van der Waals surface area contributed by atoms with Crippen molar-refractivity contribution in [3.8, 4) is 61.4 Å². The number of rotatable bonds is 7. The summed E-state index contributed by atoms with van der Waals surface area (Å²) in [4.78, 5) is 20.7. The number of nitrogens with zero attached hydrogens (tertiary/aromatic N) is 5. The summed E-state index contributed by atoms with van der Waals surface area (Å²) in [7, 11) is 0. The van der Waals surface area contributed by atoms with Gasteiger partial charge in [-0.3, -0.25) is 4.98 Å². The minimum Gasteiger partial charge on any atom is -0.387 e. The van der Waals surface area contributed by atoms with Crippen LogP contribution in [0.5, 0.6) is 0 Å². The highest BCUT2D eigenvalue weighted by Gasteiger charge is 2.22. The number of para-hydroxylation sites is 1. The minimum absolute atomic E-state index is 0.598. The number of dihydropyridines is 1. The van der Waals surface area contributed by atoms with Gasteiger partial charge in [0.1, 0.15) is 0 Å². The van der Waals surface area contributed by atoms with E-state index in [1.165, 1.54) is 48.0 Å². The van der Waals surface area contributed by atoms with E-state index in [9.17, 15) is 0 Å². The van der Waals surface area contributed by atoms with Crippen LogP contribution in [0, 0.1) is 0 Å². The highest BCUT2D eigenvalue weighted by molar-refractivity contribution is 7.24. The molecule has 274 valence electrons. The van der Waals surface area contributed by atoms with Gasteiger partial charge in [0.2, 0.25) is 0 Å². The summed E-state index contributed by atoms with van der Waals surface area (Å²) < 4.78 is 3.66. The van der Waals surface area contributed by atoms with E-state index in [0.29, 0.717) is 17.5 Å². The number of aromatic nitrogens is 5. The van der Waals surface area contributed by atoms with Crippen molar-refractivity contribution < 1.29 is 0 Å². The van der Waals surface area contributed by atoms with Crippen LogP contribution in [0.15, 0.2) is 188 Å². The summed E-state index contributed by atoms with van der Waals surface area (Å²) in [5, 5.41) is 6.96. The molecule has 58 heavy (non-hydrogen) atoms. The van der Waals surface area contributed by atoms with E-state index in [1.54, 1.807) is 12.4 Å². The SMILES string of the molecule is C1=CC(c2ccc(-c3nc(-c4ccncc4)nc(-c4cccc(-n5c6ccccc6c6c7sc(-c8ccccc8)c(-c8ccccc8)c7ccc65)c4)n3)cc2)=CCN1. The molecule has 6 aromatic carbocycles. The molecule has 10 aromatic rings. The van der Waals surface area contributed by atoms with Gasteiger partial charge in [0.25, 0.3) is 0 Å². The van der Waals surface area contributed by atoms with Crippen molar-refractivity contribution in [1.82, 2.24) is 29.8 Å². The van der Waals surface area contributed by atoms with Crippen LogP contribution in [0.1, 0.15) is 5.56 Å². The van der Waals surface area contributed by atoms with Gasteiger partial charge in [0.15, 0.2) is 17.5 Å². The maximum Gasteiger partial charge on any atom is 0.164 e. The standard InChI is InChI=1S/C51H34N6S/c1-3-10-35(11-4-1)45-42-22-23-44-46(48(42)58-47(45)36-12-5-2-6-13-36)41-16-7-8-17-43(41)57(44)40-15-9-14-39(32-40)51-55-49(54-50(56-51)38-26-30-53-31-27-38)37-20-18-33(19-21-37)34-24-28-52-29-25-34/h1-28,30-32,52H,29H2. The Kier molecular flexibility index (Phi) is 8.30. The molecule has 0 saturated carbocycles. The number of fused-ring (bicyclic) bond motifs is 5. The lowest BCUT2D eigenvalue weighted by Gasteiger charge is -2.12. The van der Waals surface area contributed by atoms with Gasteiger partial charge >= 0.3 is 0 Å². The van der Waals surface area contributed by atoms with E-state index in [0.717, 1.165) is 45.5 Å². The first-order chi connectivity index (χ1) is 28.8. The molecule has 5 heterocycles. The Morgan fingerprint density at radius 1 is 0.517 bits per heavy atom. The van der Waals surface area contributed by atoms with Gasteiger partial charge in [-0.2, -0.15) is 0 Å². The van der Waals surface area contributed by atoms with Crippen LogP contribution in [-0.2, 0) is 0 Å². The smallest absolute Gasteiger partial charge is 0.164 e. The van der Waals surface area contributed by atoms with Crippen LogP contribution >= 0.6 is 11.3 Å². The van der Waals surface area contributed by atoms with E-state index in [4.69, 9.17) is 15.0 Å². The Balaban J connectivity index is 1.08. The molecule has 0 aliphatic carbocycles. The zero-order chi connectivity index (χ0) is 38.4. The monoisotopic (exact) mass is 762 g/mol. The number of nitrogens with one attached hydrogen (secondary N) is 1. The van der Waals surface area contributed by atoms with Crippen LogP contribution in [-0.4, -0.2) is 31.0 Å². The van der Waals surface area contributed by atoms with Crippen LogP contribution in [0.2, 0.25) is 0 Å². The fourth-order valence-corrected chi connectivity index (χ4v) is 9.48. The van der Waals surface area contributed by atoms with Gasteiger partial charge in [0.05, 0.1) is 11.0 Å². The van der Waals surface area contributed by atoms with E-state index in [2.05, 4.69) is 173 Å². The molecule has 0 atom stereocenters. The fraction of sp³-hybridized carbons (Fsp3) is 0.0196. The fourth-order valence-electron chi connectivity index (χ4n) is 8.10. The normalized spacial score (nSPS) is 12.6. The summed E-state index contributed by atoms with van der Waals surface area (Å²) >= 11 is 1.88. The molecule has 0 saturated heterocycles. The average molecular weight is 763 g/mol. The lowest BCUT2D eigenvalue weighted by Crippen LogP contribution is -2.08. The van der Waals surface area contributed by atoms with Gasteiger partial charge in [-0.1, -0.05) is 127 Å².